The van der Waals surface area contributed by atoms with Crippen molar-refractivity contribution in [2.24, 2.45) is 0 Å². The zero-order valence-electron chi connectivity index (χ0n) is 28.9. The first-order valence-electron chi connectivity index (χ1n) is 17.9. The van der Waals surface area contributed by atoms with Gasteiger partial charge in [0.2, 0.25) is 5.91 Å². The molecule has 0 saturated heterocycles. The summed E-state index contributed by atoms with van der Waals surface area (Å²) in [5, 5.41) is 23.0. The van der Waals surface area contributed by atoms with E-state index in [9.17, 15) is 14.7 Å². The third kappa shape index (κ3) is 11.2. The first-order chi connectivity index (χ1) is 24.3. The van der Waals surface area contributed by atoms with Gasteiger partial charge in [0.15, 0.2) is 0 Å². The monoisotopic (exact) mass is 723 g/mol. The van der Waals surface area contributed by atoms with E-state index in [-0.39, 0.29) is 18.4 Å². The van der Waals surface area contributed by atoms with Crippen molar-refractivity contribution < 1.29 is 29.3 Å². The van der Waals surface area contributed by atoms with E-state index < -0.39 is 11.7 Å². The van der Waals surface area contributed by atoms with Crippen molar-refractivity contribution >= 4 is 35.2 Å². The van der Waals surface area contributed by atoms with E-state index in [0.29, 0.717) is 56.6 Å². The Bertz CT molecular complexity index is 1570. The van der Waals surface area contributed by atoms with Crippen molar-refractivity contribution in [2.75, 3.05) is 32.0 Å². The molecule has 0 aliphatic heterocycles. The van der Waals surface area contributed by atoms with E-state index in [2.05, 4.69) is 28.5 Å². The quantitative estimate of drug-likeness (QED) is 0.0757. The van der Waals surface area contributed by atoms with E-state index in [1.165, 1.54) is 6.92 Å². The number of ether oxygens (including phenoxy) is 2. The molecule has 11 heteroatoms. The minimum Gasteiger partial charge on any atom is -0.490 e. The molecule has 2 aromatic carbocycles. The summed E-state index contributed by atoms with van der Waals surface area (Å²) in [7, 11) is 0. The molecule has 50 heavy (non-hydrogen) atoms. The molecule has 270 valence electrons. The molecule has 1 heterocycles. The zero-order valence-corrected chi connectivity index (χ0v) is 30.5. The number of aliphatic hydroxyl groups excluding tert-OH is 2. The molecule has 0 bridgehead atoms. The van der Waals surface area contributed by atoms with Crippen LogP contribution < -0.4 is 10.1 Å². The Labute approximate surface area is 305 Å². The van der Waals surface area contributed by atoms with Crippen molar-refractivity contribution in [1.29, 1.82) is 0 Å². The Balaban J connectivity index is 1.16. The number of aromatic nitrogens is 1. The Kier molecular flexibility index (Phi) is 14.4. The normalized spacial score (nSPS) is 15.4. The number of aliphatic hydroxyl groups is 2. The second kappa shape index (κ2) is 18.9. The number of halogens is 1. The topological polar surface area (TPSA) is 121 Å². The van der Waals surface area contributed by atoms with Gasteiger partial charge in [-0.2, -0.15) is 0 Å². The summed E-state index contributed by atoms with van der Waals surface area (Å²) in [4.78, 5) is 31.5. The molecule has 2 aliphatic carbocycles. The van der Waals surface area contributed by atoms with Gasteiger partial charge in [0.05, 0.1) is 18.3 Å². The smallest absolute Gasteiger partial charge is 0.251 e. The summed E-state index contributed by atoms with van der Waals surface area (Å²) in [6.07, 6.45) is 10.7. The second-order valence-electron chi connectivity index (χ2n) is 13.2. The van der Waals surface area contributed by atoms with Crippen LogP contribution in [0.25, 0.3) is 11.1 Å². The Morgan fingerprint density at radius 3 is 2.62 bits per heavy atom. The first-order valence-corrected chi connectivity index (χ1v) is 19.2. The van der Waals surface area contributed by atoms with Crippen molar-refractivity contribution in [1.82, 2.24) is 15.2 Å². The molecule has 2 fully saturated rings. The SMILES string of the molecule is CC(=O)NCCCCN(CCCSc1ccc(Cl)c(COC2(c3cnccc3-c3ccccc3OC3CC3)CC2)c1)C(=O)C(O)CCCCO. The van der Waals surface area contributed by atoms with Crippen molar-refractivity contribution in [3.8, 4) is 16.9 Å². The van der Waals surface area contributed by atoms with Crippen LogP contribution in [0, 0.1) is 0 Å². The summed E-state index contributed by atoms with van der Waals surface area (Å²) in [5.41, 5.74) is 3.71. The molecule has 1 aromatic heterocycles. The lowest BCUT2D eigenvalue weighted by Gasteiger charge is -2.25. The number of nitrogens with zero attached hydrogens (tertiary/aromatic N) is 2. The largest absolute Gasteiger partial charge is 0.490 e. The van der Waals surface area contributed by atoms with Gasteiger partial charge in [-0.1, -0.05) is 29.8 Å². The average Bonchev–Trinajstić information content (AvgIpc) is 4.06. The van der Waals surface area contributed by atoms with Crippen LogP contribution in [0.1, 0.15) is 82.3 Å². The molecular weight excluding hydrogens is 674 g/mol. The van der Waals surface area contributed by atoms with Crippen molar-refractivity contribution in [2.45, 2.75) is 100 Å². The molecular formula is C39H50ClN3O6S. The maximum Gasteiger partial charge on any atom is 0.251 e. The molecule has 2 amide bonds. The van der Waals surface area contributed by atoms with E-state index in [0.717, 1.165) is 83.6 Å². The van der Waals surface area contributed by atoms with E-state index in [1.54, 1.807) is 16.7 Å². The number of thioether (sulfide) groups is 1. The highest BCUT2D eigenvalue weighted by molar-refractivity contribution is 7.99. The number of hydrogen-bond acceptors (Lipinski definition) is 8. The fourth-order valence-corrected chi connectivity index (χ4v) is 7.05. The summed E-state index contributed by atoms with van der Waals surface area (Å²) >= 11 is 8.37. The third-order valence-electron chi connectivity index (χ3n) is 9.08. The average molecular weight is 724 g/mol. The molecule has 1 unspecified atom stereocenters. The predicted octanol–water partition coefficient (Wildman–Crippen LogP) is 6.90. The molecule has 9 nitrogen and oxygen atoms in total. The molecule has 2 saturated carbocycles. The molecule has 5 rings (SSSR count). The molecule has 1 atom stereocenters. The van der Waals surface area contributed by atoms with E-state index in [1.807, 2.05) is 42.7 Å². The Morgan fingerprint density at radius 1 is 1.06 bits per heavy atom. The number of para-hydroxylation sites is 1. The van der Waals surface area contributed by atoms with Crippen LogP contribution in [-0.2, 0) is 26.5 Å². The number of unbranched alkanes of at least 4 members (excludes halogenated alkanes) is 2. The van der Waals surface area contributed by atoms with E-state index >= 15 is 0 Å². The minimum absolute atomic E-state index is 0.0427. The van der Waals surface area contributed by atoms with E-state index in [4.69, 9.17) is 26.2 Å². The van der Waals surface area contributed by atoms with Crippen LogP contribution in [0.2, 0.25) is 5.02 Å². The van der Waals surface area contributed by atoms with Gasteiger partial charge in [-0.3, -0.25) is 14.6 Å². The molecule has 2 aliphatic rings. The van der Waals surface area contributed by atoms with Crippen molar-refractivity contribution in [3.05, 3.63) is 77.1 Å². The number of carbonyl (C=O) groups excluding carboxylic acids is 2. The highest BCUT2D eigenvalue weighted by Crippen LogP contribution is 2.53. The zero-order chi connectivity index (χ0) is 35.3. The van der Waals surface area contributed by atoms with Gasteiger partial charge in [0.25, 0.3) is 5.91 Å². The van der Waals surface area contributed by atoms with Gasteiger partial charge < -0.3 is 29.9 Å². The summed E-state index contributed by atoms with van der Waals surface area (Å²) in [6, 6.07) is 16.3. The molecule has 0 spiro atoms. The summed E-state index contributed by atoms with van der Waals surface area (Å²) < 4.78 is 12.9. The fraction of sp³-hybridized carbons (Fsp3) is 0.513. The lowest BCUT2D eigenvalue weighted by Crippen LogP contribution is -2.40. The summed E-state index contributed by atoms with van der Waals surface area (Å²) in [5.74, 6) is 1.33. The molecule has 0 radical (unpaired) electrons. The number of nitrogens with one attached hydrogen (secondary N) is 1. The first kappa shape index (κ1) is 38.1. The van der Waals surface area contributed by atoms with Crippen LogP contribution in [0.5, 0.6) is 5.75 Å². The van der Waals surface area contributed by atoms with Gasteiger partial charge in [0, 0.05) is 66.6 Å². The maximum absolute atomic E-state index is 13.1. The maximum atomic E-state index is 13.1. The molecule has 3 aromatic rings. The summed E-state index contributed by atoms with van der Waals surface area (Å²) in [6.45, 7) is 3.50. The van der Waals surface area contributed by atoms with Crippen LogP contribution in [0.15, 0.2) is 65.8 Å². The minimum atomic E-state index is -1.08. The van der Waals surface area contributed by atoms with Gasteiger partial charge in [-0.25, -0.2) is 0 Å². The van der Waals surface area contributed by atoms with Gasteiger partial charge in [-0.05, 0) is 111 Å². The number of amides is 2. The Morgan fingerprint density at radius 2 is 1.86 bits per heavy atom. The van der Waals surface area contributed by atoms with Crippen LogP contribution in [-0.4, -0.2) is 76.1 Å². The number of pyridine rings is 1. The Hall–Kier alpha value is -3.15. The van der Waals surface area contributed by atoms with Gasteiger partial charge >= 0.3 is 0 Å². The second-order valence-corrected chi connectivity index (χ2v) is 14.8. The van der Waals surface area contributed by atoms with Crippen LogP contribution >= 0.6 is 23.4 Å². The third-order valence-corrected chi connectivity index (χ3v) is 10.5. The lowest BCUT2D eigenvalue weighted by molar-refractivity contribution is -0.140. The van der Waals surface area contributed by atoms with Crippen LogP contribution in [0.3, 0.4) is 0 Å². The van der Waals surface area contributed by atoms with Gasteiger partial charge in [0.1, 0.15) is 11.9 Å². The highest BCUT2D eigenvalue weighted by Gasteiger charge is 2.47. The highest BCUT2D eigenvalue weighted by atomic mass is 35.5. The van der Waals surface area contributed by atoms with Gasteiger partial charge in [-0.15, -0.1) is 11.8 Å². The number of carbonyl (C=O) groups is 2. The molecule has 3 N–H and O–H groups in total. The fourth-order valence-electron chi connectivity index (χ4n) is 5.98. The number of hydrogen-bond donors (Lipinski definition) is 3. The standard InChI is InChI=1S/C39H50ClN3O6S/c1-28(45)42-19-5-6-21-43(38(47)36(46)10-4-7-23-44)22-8-24-50-31-14-15-35(40)29(25-31)27-48-39(17-18-39)34-26-41-20-16-32(34)33-9-2-3-11-37(33)49-30-12-13-30/h2-3,9,11,14-16,20,25-26,30,36,44,46H,4-8,10,12-13,17-19,21-24,27H2,1H3,(H,42,45). The number of rotatable bonds is 22. The number of benzene rings is 2. The van der Waals surface area contributed by atoms with Crippen LogP contribution in [0.4, 0.5) is 0 Å². The van der Waals surface area contributed by atoms with Crippen molar-refractivity contribution in [3.63, 3.8) is 0 Å². The lowest BCUT2D eigenvalue weighted by atomic mass is 9.96. The predicted molar refractivity (Wildman–Crippen MR) is 197 cm³/mol.